The Balaban J connectivity index is 2.87. The summed E-state index contributed by atoms with van der Waals surface area (Å²) in [6.07, 6.45) is 1.78. The van der Waals surface area contributed by atoms with Crippen LogP contribution in [0.3, 0.4) is 0 Å². The molecule has 0 spiro atoms. The average Bonchev–Trinajstić information content (AvgIpc) is 2.46. The van der Waals surface area contributed by atoms with Gasteiger partial charge in [-0.2, -0.15) is 0 Å². The van der Waals surface area contributed by atoms with Crippen LogP contribution in [0, 0.1) is 17.3 Å². The lowest BCUT2D eigenvalue weighted by Gasteiger charge is -2.24. The molecule has 1 aromatic carbocycles. The number of carbonyl (C=O) groups excluding carboxylic acids is 1. The lowest BCUT2D eigenvalue weighted by atomic mass is 9.86. The van der Waals surface area contributed by atoms with Crippen LogP contribution in [0.1, 0.15) is 52.5 Å². The van der Waals surface area contributed by atoms with Crippen molar-refractivity contribution in [3.05, 3.63) is 35.9 Å². The number of carbonyl (C=O) groups is 1. The van der Waals surface area contributed by atoms with Crippen LogP contribution in [-0.2, 0) is 15.1 Å². The van der Waals surface area contributed by atoms with Gasteiger partial charge in [-0.15, -0.1) is 0 Å². The fourth-order valence-electron chi connectivity index (χ4n) is 2.09. The quantitative estimate of drug-likeness (QED) is 0.617. The zero-order valence-electron chi connectivity index (χ0n) is 13.9. The van der Waals surface area contributed by atoms with Crippen molar-refractivity contribution in [2.24, 2.45) is 5.41 Å². The second kappa shape index (κ2) is 8.00. The molecule has 2 atom stereocenters. The number of rotatable bonds is 7. The summed E-state index contributed by atoms with van der Waals surface area (Å²) in [6, 6.07) is 9.50. The van der Waals surface area contributed by atoms with Crippen LogP contribution in [-0.4, -0.2) is 17.7 Å². The molecule has 3 heteroatoms. The van der Waals surface area contributed by atoms with Gasteiger partial charge in [0.25, 0.3) is 6.47 Å². The zero-order chi connectivity index (χ0) is 16.6. The van der Waals surface area contributed by atoms with E-state index < -0.39 is 5.60 Å². The Labute approximate surface area is 133 Å². The van der Waals surface area contributed by atoms with Crippen LogP contribution in [0.5, 0.6) is 0 Å². The largest absolute Gasteiger partial charge is 0.465 e. The van der Waals surface area contributed by atoms with E-state index in [-0.39, 0.29) is 11.5 Å². The van der Waals surface area contributed by atoms with Crippen molar-refractivity contribution in [1.82, 2.24) is 0 Å². The van der Waals surface area contributed by atoms with Crippen LogP contribution in [0.15, 0.2) is 30.3 Å². The van der Waals surface area contributed by atoms with Gasteiger partial charge < -0.3 is 9.84 Å². The molecule has 22 heavy (non-hydrogen) atoms. The molecular formula is C19H26O3. The third-order valence-corrected chi connectivity index (χ3v) is 3.33. The second-order valence-electron chi connectivity index (χ2n) is 6.66. The van der Waals surface area contributed by atoms with Crippen molar-refractivity contribution in [3.8, 4) is 11.8 Å². The predicted molar refractivity (Wildman–Crippen MR) is 88.0 cm³/mol. The van der Waals surface area contributed by atoms with Crippen LogP contribution in [0.25, 0.3) is 0 Å². The average molecular weight is 302 g/mol. The first kappa shape index (κ1) is 18.3. The highest BCUT2D eigenvalue weighted by molar-refractivity contribution is 5.37. The molecule has 0 fully saturated rings. The molecule has 0 heterocycles. The predicted octanol–water partition coefficient (Wildman–Crippen LogP) is 3.66. The number of hydrogen-bond donors (Lipinski definition) is 1. The summed E-state index contributed by atoms with van der Waals surface area (Å²) >= 11 is 0. The molecule has 0 amide bonds. The standard InChI is InChI=1S/C19H26O3/c1-16(22-15-20)9-8-12-19(21,14-13-18(2,3)4)17-10-6-5-7-11-17/h5-7,10-11,15-16,21H,8-9,12H2,1-4H3/t16-,19+/m0/s1. The van der Waals surface area contributed by atoms with E-state index in [1.165, 1.54) is 0 Å². The minimum absolute atomic E-state index is 0.145. The van der Waals surface area contributed by atoms with Crippen LogP contribution in [0.2, 0.25) is 0 Å². The summed E-state index contributed by atoms with van der Waals surface area (Å²) in [4.78, 5) is 10.3. The lowest BCUT2D eigenvalue weighted by Crippen LogP contribution is -2.25. The van der Waals surface area contributed by atoms with Crippen molar-refractivity contribution in [1.29, 1.82) is 0 Å². The molecule has 0 aliphatic heterocycles. The first-order chi connectivity index (χ1) is 10.3. The van der Waals surface area contributed by atoms with Crippen molar-refractivity contribution in [2.75, 3.05) is 0 Å². The van der Waals surface area contributed by atoms with Gasteiger partial charge in [-0.1, -0.05) is 42.2 Å². The molecule has 0 radical (unpaired) electrons. The van der Waals surface area contributed by atoms with Crippen LogP contribution < -0.4 is 0 Å². The van der Waals surface area contributed by atoms with E-state index in [9.17, 15) is 9.90 Å². The van der Waals surface area contributed by atoms with Crippen LogP contribution >= 0.6 is 0 Å². The van der Waals surface area contributed by atoms with E-state index in [0.29, 0.717) is 19.3 Å². The minimum atomic E-state index is -1.17. The van der Waals surface area contributed by atoms with Gasteiger partial charge in [-0.05, 0) is 52.5 Å². The number of aliphatic hydroxyl groups is 1. The van der Waals surface area contributed by atoms with Gasteiger partial charge in [0.05, 0.1) is 6.10 Å². The highest BCUT2D eigenvalue weighted by atomic mass is 16.5. The monoisotopic (exact) mass is 302 g/mol. The maximum absolute atomic E-state index is 11.0. The molecule has 3 nitrogen and oxygen atoms in total. The Kier molecular flexibility index (Phi) is 6.64. The molecular weight excluding hydrogens is 276 g/mol. The molecule has 0 saturated heterocycles. The van der Waals surface area contributed by atoms with E-state index >= 15 is 0 Å². The van der Waals surface area contributed by atoms with Gasteiger partial charge in [-0.25, -0.2) is 0 Å². The fourth-order valence-corrected chi connectivity index (χ4v) is 2.09. The molecule has 0 saturated carbocycles. The Morgan fingerprint density at radius 3 is 2.41 bits per heavy atom. The molecule has 1 rings (SSSR count). The van der Waals surface area contributed by atoms with Gasteiger partial charge >= 0.3 is 0 Å². The van der Waals surface area contributed by atoms with E-state index in [2.05, 4.69) is 11.8 Å². The van der Waals surface area contributed by atoms with E-state index in [4.69, 9.17) is 4.74 Å². The third-order valence-electron chi connectivity index (χ3n) is 3.33. The van der Waals surface area contributed by atoms with Crippen molar-refractivity contribution in [3.63, 3.8) is 0 Å². The van der Waals surface area contributed by atoms with Gasteiger partial charge in [-0.3, -0.25) is 4.79 Å². The van der Waals surface area contributed by atoms with Gasteiger partial charge in [0.2, 0.25) is 0 Å². The summed E-state index contributed by atoms with van der Waals surface area (Å²) in [5.41, 5.74) is -0.540. The maximum Gasteiger partial charge on any atom is 0.293 e. The molecule has 0 bridgehead atoms. The molecule has 0 aliphatic rings. The first-order valence-electron chi connectivity index (χ1n) is 7.68. The third kappa shape index (κ3) is 6.32. The lowest BCUT2D eigenvalue weighted by molar-refractivity contribution is -0.133. The molecule has 1 aromatic rings. The SMILES string of the molecule is C[C@@H](CCC[C@@](O)(C#CC(C)(C)C)c1ccccc1)OC=O. The summed E-state index contributed by atoms with van der Waals surface area (Å²) < 4.78 is 4.88. The molecule has 1 N–H and O–H groups in total. The first-order valence-corrected chi connectivity index (χ1v) is 7.68. The van der Waals surface area contributed by atoms with Crippen LogP contribution in [0.4, 0.5) is 0 Å². The van der Waals surface area contributed by atoms with Crippen molar-refractivity contribution in [2.45, 2.75) is 58.7 Å². The smallest absolute Gasteiger partial charge is 0.293 e. The van der Waals surface area contributed by atoms with Gasteiger partial charge in [0.1, 0.15) is 0 Å². The minimum Gasteiger partial charge on any atom is -0.465 e. The van der Waals surface area contributed by atoms with Crippen molar-refractivity contribution < 1.29 is 14.6 Å². The zero-order valence-corrected chi connectivity index (χ0v) is 13.9. The Hall–Kier alpha value is -1.79. The summed E-state index contributed by atoms with van der Waals surface area (Å²) in [5.74, 6) is 6.19. The maximum atomic E-state index is 11.0. The Bertz CT molecular complexity index is 519. The van der Waals surface area contributed by atoms with E-state index in [1.54, 1.807) is 0 Å². The molecule has 0 aliphatic carbocycles. The summed E-state index contributed by atoms with van der Waals surface area (Å²) in [7, 11) is 0. The van der Waals surface area contributed by atoms with Gasteiger partial charge in [0, 0.05) is 5.41 Å². The summed E-state index contributed by atoms with van der Waals surface area (Å²) in [5, 5.41) is 11.0. The summed E-state index contributed by atoms with van der Waals surface area (Å²) in [6.45, 7) is 8.37. The van der Waals surface area contributed by atoms with Crippen molar-refractivity contribution >= 4 is 6.47 Å². The molecule has 0 aromatic heterocycles. The Morgan fingerprint density at radius 1 is 1.23 bits per heavy atom. The highest BCUT2D eigenvalue weighted by Crippen LogP contribution is 2.28. The van der Waals surface area contributed by atoms with Gasteiger partial charge in [0.15, 0.2) is 5.60 Å². The van der Waals surface area contributed by atoms with E-state index in [0.717, 1.165) is 12.0 Å². The number of benzene rings is 1. The number of ether oxygens (including phenoxy) is 1. The normalized spacial score (nSPS) is 15.1. The molecule has 120 valence electrons. The van der Waals surface area contributed by atoms with E-state index in [1.807, 2.05) is 58.0 Å². The second-order valence-corrected chi connectivity index (χ2v) is 6.66. The topological polar surface area (TPSA) is 46.5 Å². The fraction of sp³-hybridized carbons (Fsp3) is 0.526. The highest BCUT2D eigenvalue weighted by Gasteiger charge is 2.27. The Morgan fingerprint density at radius 2 is 1.86 bits per heavy atom. The number of hydrogen-bond acceptors (Lipinski definition) is 3. The molecule has 0 unspecified atom stereocenters.